The molecule has 0 radical (unpaired) electrons. The zero-order valence-electron chi connectivity index (χ0n) is 33.6. The lowest BCUT2D eigenvalue weighted by molar-refractivity contribution is 0.794. The van der Waals surface area contributed by atoms with Crippen LogP contribution in [0.15, 0.2) is 218 Å². The van der Waals surface area contributed by atoms with Crippen LogP contribution in [0.2, 0.25) is 0 Å². The normalized spacial score (nSPS) is 13.0. The van der Waals surface area contributed by atoms with E-state index in [0.717, 1.165) is 39.0 Å². The molecule has 0 saturated carbocycles. The van der Waals surface area contributed by atoms with Crippen molar-refractivity contribution in [3.63, 3.8) is 0 Å². The van der Waals surface area contributed by atoms with Crippen LogP contribution in [0.3, 0.4) is 0 Å². The molecule has 2 aliphatic rings. The summed E-state index contributed by atoms with van der Waals surface area (Å²) >= 11 is 0. The average Bonchev–Trinajstić information content (AvgIpc) is 3.96. The molecule has 0 amide bonds. The second-order valence-corrected chi connectivity index (χ2v) is 16.3. The van der Waals surface area contributed by atoms with E-state index < -0.39 is 5.41 Å². The highest BCUT2D eigenvalue weighted by Gasteiger charge is 2.51. The van der Waals surface area contributed by atoms with Crippen molar-refractivity contribution in [2.24, 2.45) is 0 Å². The summed E-state index contributed by atoms with van der Waals surface area (Å²) in [5.41, 5.74) is 18.5. The Kier molecular flexibility index (Phi) is 7.49. The molecule has 288 valence electrons. The Morgan fingerprint density at radius 1 is 0.306 bits per heavy atom. The predicted octanol–water partition coefficient (Wildman–Crippen LogP) is 14.0. The summed E-state index contributed by atoms with van der Waals surface area (Å²) in [5.74, 6) is 1.89. The van der Waals surface area contributed by atoms with Gasteiger partial charge in [0.15, 0.2) is 17.5 Å². The van der Waals surface area contributed by atoms with Gasteiger partial charge in [-0.3, -0.25) is 0 Å². The molecular weight excluding hydrogens is 753 g/mol. The Labute approximate surface area is 359 Å². The van der Waals surface area contributed by atoms with Gasteiger partial charge in [-0.15, -0.1) is 0 Å². The molecule has 1 spiro atoms. The highest BCUT2D eigenvalue weighted by atomic mass is 15.0. The fourth-order valence-corrected chi connectivity index (χ4v) is 10.5. The first-order valence-corrected chi connectivity index (χ1v) is 21.2. The van der Waals surface area contributed by atoms with Gasteiger partial charge in [0, 0.05) is 33.2 Å². The monoisotopic (exact) mass is 788 g/mol. The van der Waals surface area contributed by atoms with Gasteiger partial charge in [-0.05, 0) is 86.0 Å². The van der Waals surface area contributed by atoms with Crippen LogP contribution in [0.25, 0.3) is 95.0 Å². The SMILES string of the molecule is c1ccc(-c2nc(-c3cccc(-c4cccc5c4-c4ccccc4C54c5ccccc5-c5ccccc54)c3)nc(-c3ccc4c5ccccc5n(-c5ccccc5)c4c3)n2)cc1. The number of benzene rings is 9. The summed E-state index contributed by atoms with van der Waals surface area (Å²) in [6.45, 7) is 0. The topological polar surface area (TPSA) is 43.6 Å². The van der Waals surface area contributed by atoms with Crippen molar-refractivity contribution < 1.29 is 0 Å². The fraction of sp³-hybridized carbons (Fsp3) is 0.0172. The molecule has 13 rings (SSSR count). The minimum absolute atomic E-state index is 0.409. The smallest absolute Gasteiger partial charge is 0.164 e. The van der Waals surface area contributed by atoms with Crippen molar-refractivity contribution in [1.82, 2.24) is 19.5 Å². The third-order valence-electron chi connectivity index (χ3n) is 13.1. The zero-order valence-corrected chi connectivity index (χ0v) is 33.6. The van der Waals surface area contributed by atoms with Crippen molar-refractivity contribution >= 4 is 21.8 Å². The van der Waals surface area contributed by atoms with E-state index in [1.54, 1.807) is 0 Å². The van der Waals surface area contributed by atoms with Crippen LogP contribution < -0.4 is 0 Å². The lowest BCUT2D eigenvalue weighted by Gasteiger charge is -2.30. The van der Waals surface area contributed by atoms with E-state index in [1.807, 2.05) is 18.2 Å². The van der Waals surface area contributed by atoms with Crippen LogP contribution in [-0.4, -0.2) is 19.5 Å². The molecule has 9 aromatic carbocycles. The molecule has 0 unspecified atom stereocenters. The molecule has 0 aliphatic heterocycles. The molecule has 0 fully saturated rings. The van der Waals surface area contributed by atoms with Gasteiger partial charge in [0.25, 0.3) is 0 Å². The number of fused-ring (bicyclic) bond motifs is 13. The summed E-state index contributed by atoms with van der Waals surface area (Å²) in [7, 11) is 0. The van der Waals surface area contributed by atoms with Crippen molar-refractivity contribution in [2.75, 3.05) is 0 Å². The van der Waals surface area contributed by atoms with Crippen molar-refractivity contribution in [3.05, 3.63) is 241 Å². The van der Waals surface area contributed by atoms with E-state index in [1.165, 1.54) is 60.8 Å². The van der Waals surface area contributed by atoms with Gasteiger partial charge in [0.1, 0.15) is 0 Å². The van der Waals surface area contributed by atoms with Crippen LogP contribution in [0, 0.1) is 0 Å². The standard InChI is InChI=1S/C58H36N4/c1-3-17-37(18-4-1)55-59-56(61-57(60-55)40-33-34-46-45-25-10-14-32-52(45)62(53(46)36-40)41-21-5-2-6-22-41)39-20-15-19-38(35-39)42-27-16-31-51-54(42)47-26-9-13-30-50(47)58(51)48-28-11-7-23-43(48)44-24-8-12-29-49(44)58/h1-36H. The van der Waals surface area contributed by atoms with Crippen LogP contribution in [-0.2, 0) is 5.41 Å². The largest absolute Gasteiger partial charge is 0.309 e. The zero-order chi connectivity index (χ0) is 40.8. The van der Waals surface area contributed by atoms with Gasteiger partial charge in [0.05, 0.1) is 16.4 Å². The van der Waals surface area contributed by atoms with Crippen molar-refractivity contribution in [1.29, 1.82) is 0 Å². The van der Waals surface area contributed by atoms with Crippen LogP contribution in [0.5, 0.6) is 0 Å². The van der Waals surface area contributed by atoms with Crippen molar-refractivity contribution in [3.8, 4) is 73.2 Å². The van der Waals surface area contributed by atoms with E-state index in [4.69, 9.17) is 15.0 Å². The molecule has 0 atom stereocenters. The second-order valence-electron chi connectivity index (χ2n) is 16.3. The Balaban J connectivity index is 0.996. The molecule has 2 aliphatic carbocycles. The van der Waals surface area contributed by atoms with Gasteiger partial charge in [-0.25, -0.2) is 15.0 Å². The minimum atomic E-state index is -0.409. The molecule has 62 heavy (non-hydrogen) atoms. The molecule has 2 heterocycles. The van der Waals surface area contributed by atoms with E-state index in [2.05, 4.69) is 205 Å². The lowest BCUT2D eigenvalue weighted by atomic mass is 9.70. The lowest BCUT2D eigenvalue weighted by Crippen LogP contribution is -2.25. The molecule has 0 bridgehead atoms. The van der Waals surface area contributed by atoms with Gasteiger partial charge in [-0.2, -0.15) is 0 Å². The van der Waals surface area contributed by atoms with Gasteiger partial charge in [0.2, 0.25) is 0 Å². The number of hydrogen-bond donors (Lipinski definition) is 0. The highest BCUT2D eigenvalue weighted by Crippen LogP contribution is 2.64. The summed E-state index contributed by atoms with van der Waals surface area (Å²) in [6.07, 6.45) is 0. The summed E-state index contributed by atoms with van der Waals surface area (Å²) in [6, 6.07) is 78.5. The Morgan fingerprint density at radius 3 is 1.52 bits per heavy atom. The maximum atomic E-state index is 5.28. The fourth-order valence-electron chi connectivity index (χ4n) is 10.5. The Hall–Kier alpha value is -8.21. The quantitative estimate of drug-likeness (QED) is 0.174. The summed E-state index contributed by atoms with van der Waals surface area (Å²) in [4.78, 5) is 15.6. The number of nitrogens with zero attached hydrogens (tertiary/aromatic N) is 4. The molecular formula is C58H36N4. The van der Waals surface area contributed by atoms with Gasteiger partial charge >= 0.3 is 0 Å². The van der Waals surface area contributed by atoms with E-state index >= 15 is 0 Å². The first-order chi connectivity index (χ1) is 30.8. The maximum absolute atomic E-state index is 5.28. The predicted molar refractivity (Wildman–Crippen MR) is 252 cm³/mol. The molecule has 11 aromatic rings. The number of aromatic nitrogens is 4. The third kappa shape index (κ3) is 4.92. The minimum Gasteiger partial charge on any atom is -0.309 e. The number of para-hydroxylation sites is 2. The maximum Gasteiger partial charge on any atom is 0.164 e. The van der Waals surface area contributed by atoms with Gasteiger partial charge in [-0.1, -0.05) is 188 Å². The third-order valence-corrected chi connectivity index (χ3v) is 13.1. The Bertz CT molecular complexity index is 3540. The molecule has 0 N–H and O–H groups in total. The van der Waals surface area contributed by atoms with Crippen LogP contribution >= 0.6 is 0 Å². The molecule has 2 aromatic heterocycles. The first-order valence-electron chi connectivity index (χ1n) is 21.2. The highest BCUT2D eigenvalue weighted by molar-refractivity contribution is 6.10. The van der Waals surface area contributed by atoms with Crippen molar-refractivity contribution in [2.45, 2.75) is 5.41 Å². The van der Waals surface area contributed by atoms with Crippen LogP contribution in [0.1, 0.15) is 22.3 Å². The van der Waals surface area contributed by atoms with E-state index in [0.29, 0.717) is 17.5 Å². The summed E-state index contributed by atoms with van der Waals surface area (Å²) in [5, 5.41) is 2.39. The number of rotatable bonds is 5. The Morgan fingerprint density at radius 2 is 0.790 bits per heavy atom. The molecule has 0 saturated heterocycles. The average molecular weight is 789 g/mol. The first kappa shape index (κ1) is 34.6. The summed E-state index contributed by atoms with van der Waals surface area (Å²) < 4.78 is 2.33. The van der Waals surface area contributed by atoms with Crippen LogP contribution in [0.4, 0.5) is 0 Å². The van der Waals surface area contributed by atoms with Gasteiger partial charge < -0.3 is 4.57 Å². The molecule has 4 nitrogen and oxygen atoms in total. The number of hydrogen-bond acceptors (Lipinski definition) is 3. The van der Waals surface area contributed by atoms with E-state index in [9.17, 15) is 0 Å². The van der Waals surface area contributed by atoms with E-state index in [-0.39, 0.29) is 0 Å². The second kappa shape index (κ2) is 13.4. The molecule has 4 heteroatoms.